The third-order valence-electron chi connectivity index (χ3n) is 5.73. The third-order valence-corrected chi connectivity index (χ3v) is 6.50. The van der Waals surface area contributed by atoms with Crippen molar-refractivity contribution in [3.8, 4) is 11.1 Å². The van der Waals surface area contributed by atoms with Crippen molar-refractivity contribution in [2.75, 3.05) is 26.7 Å². The summed E-state index contributed by atoms with van der Waals surface area (Å²) in [5.74, 6) is -3.00. The minimum absolute atomic E-state index is 0.168. The predicted octanol–water partition coefficient (Wildman–Crippen LogP) is 4.11. The Morgan fingerprint density at radius 2 is 1.97 bits per heavy atom. The molecule has 1 saturated heterocycles. The molecule has 0 radical (unpaired) electrons. The number of pyridine rings is 1. The van der Waals surface area contributed by atoms with Gasteiger partial charge in [-0.1, -0.05) is 23.4 Å². The first-order valence-corrected chi connectivity index (χ1v) is 11.7. The SMILES string of the molecule is CN1CCN(Cc2nccs2)CC1c1nnn2cc(-c3cccc(F)c3)ccc12.O=C(O)C(F)(F)F. The number of benzene rings is 1. The summed E-state index contributed by atoms with van der Waals surface area (Å²) in [7, 11) is 2.14. The van der Waals surface area contributed by atoms with Crippen LogP contribution in [-0.4, -0.2) is 73.5 Å². The normalized spacial score (nSPS) is 17.1. The second kappa shape index (κ2) is 10.7. The third kappa shape index (κ3) is 6.04. The molecular formula is C23H22F4N6O2S. The highest BCUT2D eigenvalue weighted by atomic mass is 32.1. The van der Waals surface area contributed by atoms with Gasteiger partial charge in [0.05, 0.1) is 18.1 Å². The lowest BCUT2D eigenvalue weighted by atomic mass is 10.1. The highest BCUT2D eigenvalue weighted by Gasteiger charge is 2.38. The molecule has 1 fully saturated rings. The molecule has 0 bridgehead atoms. The quantitative estimate of drug-likeness (QED) is 0.404. The second-order valence-electron chi connectivity index (χ2n) is 8.19. The number of fused-ring (bicyclic) bond motifs is 1. The molecule has 0 saturated carbocycles. The maximum absolute atomic E-state index is 13.6. The number of rotatable bonds is 4. The van der Waals surface area contributed by atoms with Gasteiger partial charge in [0.15, 0.2) is 0 Å². The van der Waals surface area contributed by atoms with E-state index < -0.39 is 12.1 Å². The molecule has 1 atom stereocenters. The number of carbonyl (C=O) groups is 1. The standard InChI is InChI=1S/C21H21FN6S.C2HF3O2/c1-26-8-9-27(14-20-23-7-10-29-20)13-19(26)21-18-6-5-16(12-28(18)25-24-21)15-3-2-4-17(22)11-15;3-2(4,5)1(6)7/h2-7,10-12,19H,8-9,13-14H2,1H3;(H,6,7). The number of nitrogens with zero attached hydrogens (tertiary/aromatic N) is 6. The van der Waals surface area contributed by atoms with Crippen molar-refractivity contribution in [1.29, 1.82) is 0 Å². The van der Waals surface area contributed by atoms with Gasteiger partial charge >= 0.3 is 12.1 Å². The van der Waals surface area contributed by atoms with E-state index in [1.54, 1.807) is 21.9 Å². The molecule has 1 N–H and O–H groups in total. The Hall–Kier alpha value is -3.42. The molecule has 1 aliphatic rings. The minimum Gasteiger partial charge on any atom is -0.475 e. The van der Waals surface area contributed by atoms with Gasteiger partial charge in [-0.25, -0.2) is 18.7 Å². The number of piperazine rings is 1. The first kappa shape index (κ1) is 25.7. The number of halogens is 4. The van der Waals surface area contributed by atoms with Crippen LogP contribution in [0.3, 0.4) is 0 Å². The van der Waals surface area contributed by atoms with E-state index in [9.17, 15) is 17.6 Å². The fourth-order valence-electron chi connectivity index (χ4n) is 3.88. The van der Waals surface area contributed by atoms with Crippen LogP contribution in [-0.2, 0) is 11.3 Å². The number of aromatic nitrogens is 4. The van der Waals surface area contributed by atoms with Gasteiger partial charge in [-0.3, -0.25) is 9.80 Å². The van der Waals surface area contributed by atoms with Crippen molar-refractivity contribution < 1.29 is 27.5 Å². The molecule has 1 aliphatic heterocycles. The van der Waals surface area contributed by atoms with E-state index in [1.165, 1.54) is 12.1 Å². The molecule has 4 aromatic rings. The average molecular weight is 523 g/mol. The number of thiazole rings is 1. The van der Waals surface area contributed by atoms with E-state index in [2.05, 4.69) is 32.1 Å². The lowest BCUT2D eigenvalue weighted by Gasteiger charge is -2.38. The number of alkyl halides is 3. The minimum atomic E-state index is -5.08. The van der Waals surface area contributed by atoms with E-state index in [4.69, 9.17) is 9.90 Å². The van der Waals surface area contributed by atoms with E-state index in [0.717, 1.165) is 53.5 Å². The van der Waals surface area contributed by atoms with Crippen molar-refractivity contribution >= 4 is 22.8 Å². The molecule has 4 heterocycles. The van der Waals surface area contributed by atoms with E-state index in [-0.39, 0.29) is 11.9 Å². The van der Waals surface area contributed by atoms with Gasteiger partial charge in [0, 0.05) is 43.0 Å². The Morgan fingerprint density at radius 3 is 2.64 bits per heavy atom. The van der Waals surface area contributed by atoms with Crippen LogP contribution in [0.25, 0.3) is 16.6 Å². The van der Waals surface area contributed by atoms with Crippen molar-refractivity contribution in [2.45, 2.75) is 18.8 Å². The van der Waals surface area contributed by atoms with Gasteiger partial charge < -0.3 is 5.11 Å². The maximum atomic E-state index is 13.6. The van der Waals surface area contributed by atoms with Crippen LogP contribution < -0.4 is 0 Å². The molecule has 0 spiro atoms. The van der Waals surface area contributed by atoms with Crippen LogP contribution in [0.5, 0.6) is 0 Å². The van der Waals surface area contributed by atoms with Crippen molar-refractivity contribution in [3.63, 3.8) is 0 Å². The Bertz CT molecular complexity index is 1330. The van der Waals surface area contributed by atoms with Crippen LogP contribution >= 0.6 is 11.3 Å². The Kier molecular flexibility index (Phi) is 7.62. The molecular weight excluding hydrogens is 500 g/mol. The monoisotopic (exact) mass is 522 g/mol. The number of carboxylic acid groups (broad SMARTS) is 1. The van der Waals surface area contributed by atoms with Gasteiger partial charge in [0.2, 0.25) is 0 Å². The number of hydrogen-bond acceptors (Lipinski definition) is 7. The summed E-state index contributed by atoms with van der Waals surface area (Å²) >= 11 is 1.69. The summed E-state index contributed by atoms with van der Waals surface area (Å²) in [6.07, 6.45) is -1.31. The maximum Gasteiger partial charge on any atom is 0.490 e. The predicted molar refractivity (Wildman–Crippen MR) is 125 cm³/mol. The molecule has 1 unspecified atom stereocenters. The lowest BCUT2D eigenvalue weighted by Crippen LogP contribution is -2.46. The highest BCUT2D eigenvalue weighted by molar-refractivity contribution is 7.09. The van der Waals surface area contributed by atoms with E-state index >= 15 is 0 Å². The van der Waals surface area contributed by atoms with Gasteiger partial charge in [0.1, 0.15) is 16.5 Å². The zero-order chi connectivity index (χ0) is 25.9. The summed E-state index contributed by atoms with van der Waals surface area (Å²) < 4.78 is 47.1. The van der Waals surface area contributed by atoms with Gasteiger partial charge in [-0.2, -0.15) is 13.2 Å². The largest absolute Gasteiger partial charge is 0.490 e. The fourth-order valence-corrected chi connectivity index (χ4v) is 4.54. The topological polar surface area (TPSA) is 86.9 Å². The zero-order valence-corrected chi connectivity index (χ0v) is 19.9. The number of likely N-dealkylation sites (N-methyl/N-ethyl adjacent to an activating group) is 1. The first-order valence-electron chi connectivity index (χ1n) is 10.8. The molecule has 190 valence electrons. The first-order chi connectivity index (χ1) is 17.1. The number of aliphatic carboxylic acids is 1. The van der Waals surface area contributed by atoms with Crippen molar-refractivity contribution in [2.24, 2.45) is 0 Å². The smallest absolute Gasteiger partial charge is 0.475 e. The molecule has 0 aliphatic carbocycles. The Balaban J connectivity index is 0.000000384. The molecule has 8 nitrogen and oxygen atoms in total. The van der Waals surface area contributed by atoms with E-state index in [0.29, 0.717) is 0 Å². The van der Waals surface area contributed by atoms with Gasteiger partial charge in [0.25, 0.3) is 0 Å². The van der Waals surface area contributed by atoms with Crippen LogP contribution in [0, 0.1) is 5.82 Å². The Labute approximate surface area is 207 Å². The summed E-state index contributed by atoms with van der Waals surface area (Å²) in [6.45, 7) is 3.73. The highest BCUT2D eigenvalue weighted by Crippen LogP contribution is 2.28. The molecule has 5 rings (SSSR count). The number of hydrogen-bond donors (Lipinski definition) is 1. The van der Waals surface area contributed by atoms with Crippen molar-refractivity contribution in [1.82, 2.24) is 29.6 Å². The second-order valence-corrected chi connectivity index (χ2v) is 9.17. The Morgan fingerprint density at radius 1 is 1.19 bits per heavy atom. The van der Waals surface area contributed by atoms with Crippen LogP contribution in [0.4, 0.5) is 17.6 Å². The summed E-state index contributed by atoms with van der Waals surface area (Å²) in [5, 5.41) is 19.2. The van der Waals surface area contributed by atoms with Crippen molar-refractivity contribution in [3.05, 3.63) is 70.7 Å². The zero-order valence-electron chi connectivity index (χ0n) is 19.1. The van der Waals surface area contributed by atoms with Crippen LogP contribution in [0.2, 0.25) is 0 Å². The fraction of sp³-hybridized carbons (Fsp3) is 0.304. The molecule has 3 aromatic heterocycles. The van der Waals surface area contributed by atoms with Crippen LogP contribution in [0.15, 0.2) is 54.2 Å². The lowest BCUT2D eigenvalue weighted by molar-refractivity contribution is -0.192. The molecule has 36 heavy (non-hydrogen) atoms. The molecule has 1 aromatic carbocycles. The van der Waals surface area contributed by atoms with Crippen LogP contribution in [0.1, 0.15) is 16.7 Å². The summed E-state index contributed by atoms with van der Waals surface area (Å²) in [4.78, 5) is 18.1. The summed E-state index contributed by atoms with van der Waals surface area (Å²) in [5.41, 5.74) is 3.70. The van der Waals surface area contributed by atoms with E-state index in [1.807, 2.05) is 36.0 Å². The van der Waals surface area contributed by atoms with Gasteiger partial charge in [-0.05, 0) is 30.8 Å². The molecule has 13 heteroatoms. The molecule has 0 amide bonds. The summed E-state index contributed by atoms with van der Waals surface area (Å²) in [6, 6.07) is 10.8. The number of carboxylic acids is 1. The van der Waals surface area contributed by atoms with Gasteiger partial charge in [-0.15, -0.1) is 16.4 Å². The average Bonchev–Trinajstić information content (AvgIpc) is 3.49.